The minimum absolute atomic E-state index is 0.126. The average Bonchev–Trinajstić information content (AvgIpc) is 2.03. The first-order valence-corrected chi connectivity index (χ1v) is 3.87. The molecule has 0 fully saturated rings. The number of hydrogen-bond acceptors (Lipinski definition) is 4. The van der Waals surface area contributed by atoms with Gasteiger partial charge in [-0.25, -0.2) is 9.97 Å². The molecule has 0 spiro atoms. The van der Waals surface area contributed by atoms with Crippen LogP contribution in [0.15, 0.2) is 11.3 Å². The van der Waals surface area contributed by atoms with Crippen molar-refractivity contribution in [3.63, 3.8) is 0 Å². The van der Waals surface area contributed by atoms with Gasteiger partial charge in [-0.3, -0.25) is 0 Å². The van der Waals surface area contributed by atoms with Gasteiger partial charge in [-0.05, 0) is 11.6 Å². The summed E-state index contributed by atoms with van der Waals surface area (Å²) in [6, 6.07) is 0. The van der Waals surface area contributed by atoms with Gasteiger partial charge < -0.3 is 5.43 Å². The van der Waals surface area contributed by atoms with E-state index < -0.39 is 0 Å². The summed E-state index contributed by atoms with van der Waals surface area (Å²) in [7, 11) is 1.68. The van der Waals surface area contributed by atoms with Gasteiger partial charge in [0.1, 0.15) is 5.15 Å². The van der Waals surface area contributed by atoms with Crippen molar-refractivity contribution >= 4 is 29.4 Å². The topological polar surface area (TPSA) is 50.2 Å². The Bertz CT molecular complexity index is 300. The van der Waals surface area contributed by atoms with Gasteiger partial charge in [-0.2, -0.15) is 5.10 Å². The molecule has 0 aromatic carbocycles. The van der Waals surface area contributed by atoms with Crippen LogP contribution in [-0.2, 0) is 0 Å². The van der Waals surface area contributed by atoms with E-state index in [0.717, 1.165) is 0 Å². The molecule has 1 heterocycles. The molecule has 1 N–H and O–H groups in total. The third-order valence-corrected chi connectivity index (χ3v) is 1.56. The molecule has 1 aromatic rings. The smallest absolute Gasteiger partial charge is 0.223 e. The molecule has 0 bridgehead atoms. The SMILES string of the molecule is CN/N=C/c1cnc(Cl)nc1Cl. The Morgan fingerprint density at radius 2 is 2.33 bits per heavy atom. The minimum atomic E-state index is 0.126. The van der Waals surface area contributed by atoms with E-state index in [1.807, 2.05) is 0 Å². The van der Waals surface area contributed by atoms with Gasteiger partial charge in [-0.1, -0.05) is 11.6 Å². The number of hydrogen-bond donors (Lipinski definition) is 1. The fourth-order valence-corrected chi connectivity index (χ4v) is 0.925. The summed E-state index contributed by atoms with van der Waals surface area (Å²) >= 11 is 11.2. The molecule has 0 atom stereocenters. The van der Waals surface area contributed by atoms with E-state index in [9.17, 15) is 0 Å². The largest absolute Gasteiger partial charge is 0.313 e. The Kier molecular flexibility index (Phi) is 3.25. The van der Waals surface area contributed by atoms with Crippen LogP contribution in [0.3, 0.4) is 0 Å². The number of hydrazone groups is 1. The second-order valence-electron chi connectivity index (χ2n) is 1.87. The molecule has 0 amide bonds. The molecule has 4 nitrogen and oxygen atoms in total. The predicted molar refractivity (Wildman–Crippen MR) is 48.7 cm³/mol. The maximum atomic E-state index is 5.71. The Morgan fingerprint density at radius 1 is 1.58 bits per heavy atom. The van der Waals surface area contributed by atoms with Crippen molar-refractivity contribution in [1.82, 2.24) is 15.4 Å². The van der Waals surface area contributed by atoms with Crippen LogP contribution in [-0.4, -0.2) is 23.2 Å². The van der Waals surface area contributed by atoms with Crippen LogP contribution in [0.1, 0.15) is 5.56 Å². The molecule has 0 radical (unpaired) electrons. The molecule has 0 saturated heterocycles. The summed E-state index contributed by atoms with van der Waals surface area (Å²) in [4.78, 5) is 7.47. The molecular formula is C6H6Cl2N4. The second kappa shape index (κ2) is 4.23. The first-order chi connectivity index (χ1) is 5.74. The molecule has 64 valence electrons. The van der Waals surface area contributed by atoms with E-state index in [4.69, 9.17) is 23.2 Å². The van der Waals surface area contributed by atoms with E-state index in [2.05, 4.69) is 20.5 Å². The Morgan fingerprint density at radius 3 is 2.92 bits per heavy atom. The van der Waals surface area contributed by atoms with Gasteiger partial charge in [0.2, 0.25) is 5.28 Å². The first kappa shape index (κ1) is 9.22. The zero-order chi connectivity index (χ0) is 8.97. The second-order valence-corrected chi connectivity index (χ2v) is 2.56. The van der Waals surface area contributed by atoms with E-state index >= 15 is 0 Å². The van der Waals surface area contributed by atoms with Crippen LogP contribution in [0, 0.1) is 0 Å². The Balaban J connectivity index is 2.94. The van der Waals surface area contributed by atoms with Gasteiger partial charge in [0.25, 0.3) is 0 Å². The fourth-order valence-electron chi connectivity index (χ4n) is 0.571. The fraction of sp³-hybridized carbons (Fsp3) is 0.167. The molecule has 1 rings (SSSR count). The van der Waals surface area contributed by atoms with Crippen molar-refractivity contribution in [2.75, 3.05) is 7.05 Å². The zero-order valence-electron chi connectivity index (χ0n) is 6.25. The number of nitrogens with one attached hydrogen (secondary N) is 1. The van der Waals surface area contributed by atoms with Crippen LogP contribution in [0.25, 0.3) is 0 Å². The Labute approximate surface area is 79.6 Å². The van der Waals surface area contributed by atoms with Crippen molar-refractivity contribution in [3.8, 4) is 0 Å². The lowest BCUT2D eigenvalue weighted by molar-refractivity contribution is 0.907. The zero-order valence-corrected chi connectivity index (χ0v) is 7.76. The highest BCUT2D eigenvalue weighted by Gasteiger charge is 1.99. The normalized spacial score (nSPS) is 10.6. The highest BCUT2D eigenvalue weighted by Crippen LogP contribution is 2.11. The lowest BCUT2D eigenvalue weighted by atomic mass is 10.4. The van der Waals surface area contributed by atoms with Gasteiger partial charge in [0.15, 0.2) is 0 Å². The summed E-state index contributed by atoms with van der Waals surface area (Å²) in [6.07, 6.45) is 3.01. The molecule has 12 heavy (non-hydrogen) atoms. The molecule has 0 aliphatic carbocycles. The van der Waals surface area contributed by atoms with Gasteiger partial charge in [0.05, 0.1) is 11.8 Å². The van der Waals surface area contributed by atoms with Crippen LogP contribution in [0.2, 0.25) is 10.4 Å². The predicted octanol–water partition coefficient (Wildman–Crippen LogP) is 1.34. The van der Waals surface area contributed by atoms with Crippen molar-refractivity contribution in [3.05, 3.63) is 22.2 Å². The van der Waals surface area contributed by atoms with Gasteiger partial charge >= 0.3 is 0 Å². The third kappa shape index (κ3) is 2.32. The number of rotatable bonds is 2. The van der Waals surface area contributed by atoms with Crippen LogP contribution in [0.5, 0.6) is 0 Å². The molecule has 0 saturated carbocycles. The maximum absolute atomic E-state index is 5.71. The number of nitrogens with zero attached hydrogens (tertiary/aromatic N) is 3. The van der Waals surface area contributed by atoms with Crippen LogP contribution in [0.4, 0.5) is 0 Å². The van der Waals surface area contributed by atoms with E-state index in [-0.39, 0.29) is 10.4 Å². The standard InChI is InChI=1S/C6H6Cl2N4/c1-9-11-3-4-2-10-6(8)12-5(4)7/h2-3,9H,1H3/b11-3+. The highest BCUT2D eigenvalue weighted by molar-refractivity contribution is 6.33. The van der Waals surface area contributed by atoms with E-state index in [0.29, 0.717) is 5.56 Å². The van der Waals surface area contributed by atoms with E-state index in [1.54, 1.807) is 7.05 Å². The number of halogens is 2. The van der Waals surface area contributed by atoms with Crippen LogP contribution >= 0.6 is 23.2 Å². The van der Waals surface area contributed by atoms with Gasteiger partial charge in [0, 0.05) is 13.2 Å². The highest BCUT2D eigenvalue weighted by atomic mass is 35.5. The quantitative estimate of drug-likeness (QED) is 0.343. The van der Waals surface area contributed by atoms with Crippen molar-refractivity contribution < 1.29 is 0 Å². The van der Waals surface area contributed by atoms with Crippen molar-refractivity contribution in [1.29, 1.82) is 0 Å². The molecule has 0 unspecified atom stereocenters. The average molecular weight is 205 g/mol. The Hall–Kier alpha value is -0.870. The lowest BCUT2D eigenvalue weighted by Gasteiger charge is -1.95. The molecule has 6 heteroatoms. The van der Waals surface area contributed by atoms with Gasteiger partial charge in [-0.15, -0.1) is 0 Å². The number of aromatic nitrogens is 2. The maximum Gasteiger partial charge on any atom is 0.223 e. The molecule has 0 aliphatic rings. The molecule has 1 aromatic heterocycles. The summed E-state index contributed by atoms with van der Waals surface area (Å²) in [5.74, 6) is 0. The third-order valence-electron chi connectivity index (χ3n) is 1.07. The summed E-state index contributed by atoms with van der Waals surface area (Å²) in [5, 5.41) is 4.16. The molecule has 0 aliphatic heterocycles. The molecular weight excluding hydrogens is 199 g/mol. The first-order valence-electron chi connectivity index (χ1n) is 3.12. The van der Waals surface area contributed by atoms with Crippen molar-refractivity contribution in [2.45, 2.75) is 0 Å². The monoisotopic (exact) mass is 204 g/mol. The lowest BCUT2D eigenvalue weighted by Crippen LogP contribution is -1.97. The van der Waals surface area contributed by atoms with Crippen molar-refractivity contribution in [2.24, 2.45) is 5.10 Å². The van der Waals surface area contributed by atoms with Crippen LogP contribution < -0.4 is 5.43 Å². The van der Waals surface area contributed by atoms with E-state index in [1.165, 1.54) is 12.4 Å². The summed E-state index contributed by atoms with van der Waals surface area (Å²) in [5.41, 5.74) is 3.20. The summed E-state index contributed by atoms with van der Waals surface area (Å²) in [6.45, 7) is 0. The summed E-state index contributed by atoms with van der Waals surface area (Å²) < 4.78 is 0. The minimum Gasteiger partial charge on any atom is -0.313 e.